The molecule has 1 atom stereocenters. The molecule has 0 radical (unpaired) electrons. The fourth-order valence-corrected chi connectivity index (χ4v) is 1.56. The molecule has 0 saturated carbocycles. The third-order valence-corrected chi connectivity index (χ3v) is 2.50. The molecule has 0 fully saturated rings. The van der Waals surface area contributed by atoms with Gasteiger partial charge in [-0.05, 0) is 20.8 Å². The lowest BCUT2D eigenvalue weighted by molar-refractivity contribution is 0.179. The molecule has 1 aromatic heterocycles. The van der Waals surface area contributed by atoms with E-state index in [1.807, 2.05) is 20.8 Å². The monoisotopic (exact) mass is 367 g/mol. The number of hydrogen-bond acceptors (Lipinski definition) is 3. The Morgan fingerprint density at radius 2 is 2.22 bits per heavy atom. The molecule has 7 heteroatoms. The van der Waals surface area contributed by atoms with E-state index >= 15 is 0 Å². The van der Waals surface area contributed by atoms with Gasteiger partial charge in [-0.25, -0.2) is 4.99 Å². The predicted molar refractivity (Wildman–Crippen MR) is 83.3 cm³/mol. The third kappa shape index (κ3) is 5.21. The first-order valence-corrected chi connectivity index (χ1v) is 5.60. The summed E-state index contributed by atoms with van der Waals surface area (Å²) in [4.78, 5) is 4.28. The maximum atomic E-state index is 5.77. The molecule has 1 aromatic rings. The zero-order valence-corrected chi connectivity index (χ0v) is 13.6. The number of nitrogens with one attached hydrogen (secondary N) is 2. The van der Waals surface area contributed by atoms with Crippen molar-refractivity contribution < 1.29 is 4.74 Å². The van der Waals surface area contributed by atoms with Crippen molar-refractivity contribution in [1.82, 2.24) is 15.5 Å². The van der Waals surface area contributed by atoms with Crippen LogP contribution in [0.4, 0.5) is 0 Å². The maximum Gasteiger partial charge on any atom is 0.189 e. The number of nitrogens with two attached hydrogens (primary N) is 1. The molecule has 1 heterocycles. The van der Waals surface area contributed by atoms with Crippen molar-refractivity contribution in [2.75, 3.05) is 13.7 Å². The van der Waals surface area contributed by atoms with Crippen LogP contribution in [-0.4, -0.2) is 35.9 Å². The normalized spacial score (nSPS) is 13.0. The van der Waals surface area contributed by atoms with Gasteiger partial charge in [0.05, 0.1) is 18.8 Å². The summed E-state index contributed by atoms with van der Waals surface area (Å²) < 4.78 is 5.01. The van der Waals surface area contributed by atoms with Crippen LogP contribution < -0.4 is 11.1 Å². The number of halogens is 1. The van der Waals surface area contributed by atoms with Gasteiger partial charge in [-0.3, -0.25) is 5.10 Å². The summed E-state index contributed by atoms with van der Waals surface area (Å²) in [5.41, 5.74) is 8.86. The number of methoxy groups -OCH3 is 1. The van der Waals surface area contributed by atoms with Crippen LogP contribution in [0.15, 0.2) is 4.99 Å². The average molecular weight is 367 g/mol. The van der Waals surface area contributed by atoms with Crippen LogP contribution in [0.25, 0.3) is 0 Å². The number of rotatable bonds is 5. The second-order valence-electron chi connectivity index (χ2n) is 4.11. The van der Waals surface area contributed by atoms with Crippen molar-refractivity contribution >= 4 is 29.9 Å². The molecule has 0 saturated heterocycles. The maximum absolute atomic E-state index is 5.77. The minimum atomic E-state index is 0. The van der Waals surface area contributed by atoms with E-state index in [0.29, 0.717) is 19.1 Å². The highest BCUT2D eigenvalue weighted by Gasteiger charge is 2.06. The van der Waals surface area contributed by atoms with E-state index in [1.54, 1.807) is 7.11 Å². The Morgan fingerprint density at radius 1 is 1.56 bits per heavy atom. The Morgan fingerprint density at radius 3 is 2.72 bits per heavy atom. The summed E-state index contributed by atoms with van der Waals surface area (Å²) in [6, 6.07) is 0.148. The number of hydrogen-bond donors (Lipinski definition) is 3. The topological polar surface area (TPSA) is 88.3 Å². The van der Waals surface area contributed by atoms with Crippen LogP contribution in [0, 0.1) is 13.8 Å². The lowest BCUT2D eigenvalue weighted by Crippen LogP contribution is -2.40. The molecule has 1 rings (SSSR count). The second-order valence-corrected chi connectivity index (χ2v) is 4.11. The number of guanidine groups is 1. The average Bonchev–Trinajstić information content (AvgIpc) is 2.56. The zero-order valence-electron chi connectivity index (χ0n) is 11.3. The summed E-state index contributed by atoms with van der Waals surface area (Å²) in [5.74, 6) is 0.426. The molecule has 0 aliphatic heterocycles. The number of aryl methyl sites for hydroxylation is 2. The number of aromatic nitrogens is 2. The lowest BCUT2D eigenvalue weighted by Gasteiger charge is -2.12. The fraction of sp³-hybridized carbons (Fsp3) is 0.636. The molecule has 0 aliphatic carbocycles. The van der Waals surface area contributed by atoms with Crippen LogP contribution in [0.3, 0.4) is 0 Å². The van der Waals surface area contributed by atoms with Crippen LogP contribution in [0.2, 0.25) is 0 Å². The van der Waals surface area contributed by atoms with Gasteiger partial charge < -0.3 is 15.8 Å². The summed E-state index contributed by atoms with van der Waals surface area (Å²) in [5, 5.41) is 10.1. The Kier molecular flexibility index (Phi) is 7.92. The van der Waals surface area contributed by atoms with E-state index in [9.17, 15) is 0 Å². The van der Waals surface area contributed by atoms with E-state index in [2.05, 4.69) is 20.5 Å². The quantitative estimate of drug-likeness (QED) is 0.413. The molecular formula is C11H22IN5O. The van der Waals surface area contributed by atoms with Crippen molar-refractivity contribution in [2.45, 2.75) is 33.4 Å². The molecule has 0 aromatic carbocycles. The van der Waals surface area contributed by atoms with Gasteiger partial charge in [0.1, 0.15) is 0 Å². The number of H-pyrrole nitrogens is 1. The fourth-order valence-electron chi connectivity index (χ4n) is 1.56. The molecule has 0 amide bonds. The third-order valence-electron chi connectivity index (χ3n) is 2.50. The highest BCUT2D eigenvalue weighted by Crippen LogP contribution is 2.09. The van der Waals surface area contributed by atoms with Crippen LogP contribution in [0.5, 0.6) is 0 Å². The van der Waals surface area contributed by atoms with Crippen molar-refractivity contribution in [2.24, 2.45) is 10.7 Å². The van der Waals surface area contributed by atoms with Crippen molar-refractivity contribution in [3.8, 4) is 0 Å². The highest BCUT2D eigenvalue weighted by molar-refractivity contribution is 14.0. The molecule has 104 valence electrons. The summed E-state index contributed by atoms with van der Waals surface area (Å²) in [6.07, 6.45) is 0. The van der Waals surface area contributed by atoms with E-state index in [0.717, 1.165) is 17.0 Å². The molecule has 6 nitrogen and oxygen atoms in total. The number of aromatic amines is 1. The number of aliphatic imine (C=N–C) groups is 1. The van der Waals surface area contributed by atoms with Gasteiger partial charge in [-0.15, -0.1) is 24.0 Å². The summed E-state index contributed by atoms with van der Waals surface area (Å²) in [6.45, 7) is 7.04. The number of ether oxygens (including phenoxy) is 1. The Labute approximate surface area is 125 Å². The Hall–Kier alpha value is -0.830. The van der Waals surface area contributed by atoms with Gasteiger partial charge in [0, 0.05) is 24.4 Å². The molecular weight excluding hydrogens is 345 g/mol. The van der Waals surface area contributed by atoms with Gasteiger partial charge in [0.2, 0.25) is 0 Å². The molecule has 0 bridgehead atoms. The smallest absolute Gasteiger partial charge is 0.189 e. The Balaban J connectivity index is 0.00000289. The molecule has 18 heavy (non-hydrogen) atoms. The van der Waals surface area contributed by atoms with E-state index in [4.69, 9.17) is 10.5 Å². The van der Waals surface area contributed by atoms with Crippen molar-refractivity contribution in [3.05, 3.63) is 17.0 Å². The number of nitrogens with zero attached hydrogens (tertiary/aromatic N) is 2. The zero-order chi connectivity index (χ0) is 12.8. The van der Waals surface area contributed by atoms with E-state index in [-0.39, 0.29) is 30.0 Å². The highest BCUT2D eigenvalue weighted by atomic mass is 127. The predicted octanol–water partition coefficient (Wildman–Crippen LogP) is 1.08. The summed E-state index contributed by atoms with van der Waals surface area (Å²) >= 11 is 0. The van der Waals surface area contributed by atoms with Crippen molar-refractivity contribution in [1.29, 1.82) is 0 Å². The molecule has 4 N–H and O–H groups in total. The van der Waals surface area contributed by atoms with Gasteiger partial charge >= 0.3 is 0 Å². The van der Waals surface area contributed by atoms with Gasteiger partial charge in [0.25, 0.3) is 0 Å². The first kappa shape index (κ1) is 17.2. The van der Waals surface area contributed by atoms with Gasteiger partial charge in [-0.1, -0.05) is 0 Å². The molecule has 0 aliphatic rings. The second kappa shape index (κ2) is 8.30. The molecule has 1 unspecified atom stereocenters. The standard InChI is InChI=1S/C11H21N5O.HI/c1-7(6-17-4)14-11(12)13-5-10-8(2)15-16-9(10)3;/h7H,5-6H2,1-4H3,(H,15,16)(H3,12,13,14);1H. The van der Waals surface area contributed by atoms with E-state index < -0.39 is 0 Å². The SMILES string of the molecule is COCC(C)NC(N)=NCc1c(C)n[nH]c1C.I. The van der Waals surface area contributed by atoms with Crippen LogP contribution in [-0.2, 0) is 11.3 Å². The molecule has 0 spiro atoms. The largest absolute Gasteiger partial charge is 0.383 e. The minimum absolute atomic E-state index is 0. The van der Waals surface area contributed by atoms with Crippen molar-refractivity contribution in [3.63, 3.8) is 0 Å². The van der Waals surface area contributed by atoms with Gasteiger partial charge in [0.15, 0.2) is 5.96 Å². The lowest BCUT2D eigenvalue weighted by atomic mass is 10.2. The Bertz CT molecular complexity index is 371. The van der Waals surface area contributed by atoms with E-state index in [1.165, 1.54) is 0 Å². The van der Waals surface area contributed by atoms with Crippen LogP contribution >= 0.6 is 24.0 Å². The van der Waals surface area contributed by atoms with Crippen LogP contribution in [0.1, 0.15) is 23.9 Å². The minimum Gasteiger partial charge on any atom is -0.383 e. The first-order chi connectivity index (χ1) is 8.04. The first-order valence-electron chi connectivity index (χ1n) is 5.60. The summed E-state index contributed by atoms with van der Waals surface area (Å²) in [7, 11) is 1.66. The van der Waals surface area contributed by atoms with Gasteiger partial charge in [-0.2, -0.15) is 5.10 Å².